The van der Waals surface area contributed by atoms with Gasteiger partial charge in [-0.25, -0.2) is 4.39 Å². The largest absolute Gasteiger partial charge is 0.377 e. The number of hydrogen-bond acceptors (Lipinski definition) is 3. The van der Waals surface area contributed by atoms with Gasteiger partial charge in [0.05, 0.1) is 6.04 Å². The van der Waals surface area contributed by atoms with E-state index in [9.17, 15) is 14.0 Å². The third-order valence-electron chi connectivity index (χ3n) is 5.98. The minimum atomic E-state index is -0.386. The Balaban J connectivity index is 1.99. The molecule has 0 radical (unpaired) electrons. The van der Waals surface area contributed by atoms with Crippen LogP contribution >= 0.6 is 0 Å². The van der Waals surface area contributed by atoms with Crippen LogP contribution in [0.15, 0.2) is 72.8 Å². The highest BCUT2D eigenvalue weighted by Crippen LogP contribution is 2.30. The van der Waals surface area contributed by atoms with E-state index < -0.39 is 0 Å². The van der Waals surface area contributed by atoms with Gasteiger partial charge in [-0.1, -0.05) is 51.1 Å². The maximum absolute atomic E-state index is 13.7. The van der Waals surface area contributed by atoms with Crippen molar-refractivity contribution in [3.8, 4) is 0 Å². The first kappa shape index (κ1) is 26.9. The van der Waals surface area contributed by atoms with E-state index in [2.05, 4.69) is 5.32 Å². The van der Waals surface area contributed by atoms with Crippen molar-refractivity contribution in [2.75, 3.05) is 24.3 Å². The van der Waals surface area contributed by atoms with Gasteiger partial charge in [0.25, 0.3) is 5.91 Å². The predicted octanol–water partition coefficient (Wildman–Crippen LogP) is 6.67. The van der Waals surface area contributed by atoms with E-state index in [1.807, 2.05) is 95.2 Å². The van der Waals surface area contributed by atoms with Gasteiger partial charge in [-0.2, -0.15) is 0 Å². The SMILES string of the molecule is CC(c1ccccc1)N(Cc1cc(NC(=O)CC(C)(C)C)ccc1N(C)C)C(=O)c1ccc(F)cc1. The molecule has 0 saturated carbocycles. The molecular formula is C30H36FN3O2. The number of hydrogen-bond donors (Lipinski definition) is 1. The Kier molecular flexibility index (Phi) is 8.51. The van der Waals surface area contributed by atoms with Gasteiger partial charge < -0.3 is 15.1 Å². The van der Waals surface area contributed by atoms with Crippen LogP contribution in [0, 0.1) is 11.2 Å². The van der Waals surface area contributed by atoms with Gasteiger partial charge in [0.1, 0.15) is 5.82 Å². The third-order valence-corrected chi connectivity index (χ3v) is 5.98. The molecule has 1 N–H and O–H groups in total. The van der Waals surface area contributed by atoms with E-state index in [-0.39, 0.29) is 29.1 Å². The first-order valence-electron chi connectivity index (χ1n) is 12.2. The molecule has 0 heterocycles. The van der Waals surface area contributed by atoms with Crippen LogP contribution in [0.3, 0.4) is 0 Å². The molecule has 5 nitrogen and oxygen atoms in total. The molecule has 1 unspecified atom stereocenters. The molecule has 1 atom stereocenters. The van der Waals surface area contributed by atoms with Crippen LogP contribution < -0.4 is 10.2 Å². The average molecular weight is 490 g/mol. The summed E-state index contributed by atoms with van der Waals surface area (Å²) < 4.78 is 13.5. The maximum atomic E-state index is 13.7. The van der Waals surface area contributed by atoms with Gasteiger partial charge >= 0.3 is 0 Å². The second kappa shape index (κ2) is 11.4. The Morgan fingerprint density at radius 1 is 0.944 bits per heavy atom. The number of nitrogens with one attached hydrogen (secondary N) is 1. The zero-order valence-corrected chi connectivity index (χ0v) is 22.0. The van der Waals surface area contributed by atoms with Crippen LogP contribution in [0.25, 0.3) is 0 Å². The Bertz CT molecular complexity index is 1190. The molecule has 2 amide bonds. The summed E-state index contributed by atoms with van der Waals surface area (Å²) in [5.41, 5.74) is 3.81. The lowest BCUT2D eigenvalue weighted by Gasteiger charge is -2.32. The monoisotopic (exact) mass is 489 g/mol. The van der Waals surface area contributed by atoms with Crippen molar-refractivity contribution in [2.45, 2.75) is 46.7 Å². The Morgan fingerprint density at radius 2 is 1.58 bits per heavy atom. The molecule has 0 aromatic heterocycles. The van der Waals surface area contributed by atoms with Crippen molar-refractivity contribution < 1.29 is 14.0 Å². The van der Waals surface area contributed by atoms with Crippen LogP contribution in [0.5, 0.6) is 0 Å². The van der Waals surface area contributed by atoms with Crippen molar-refractivity contribution in [3.05, 3.63) is 95.3 Å². The summed E-state index contributed by atoms with van der Waals surface area (Å²) >= 11 is 0. The van der Waals surface area contributed by atoms with E-state index in [1.165, 1.54) is 24.3 Å². The highest BCUT2D eigenvalue weighted by Gasteiger charge is 2.25. The minimum Gasteiger partial charge on any atom is -0.377 e. The van der Waals surface area contributed by atoms with Crippen molar-refractivity contribution in [1.82, 2.24) is 4.90 Å². The molecule has 3 rings (SSSR count). The van der Waals surface area contributed by atoms with E-state index in [4.69, 9.17) is 0 Å². The predicted molar refractivity (Wildman–Crippen MR) is 145 cm³/mol. The normalized spacial score (nSPS) is 12.1. The zero-order valence-electron chi connectivity index (χ0n) is 22.0. The maximum Gasteiger partial charge on any atom is 0.254 e. The van der Waals surface area contributed by atoms with Gasteiger partial charge in [-0.3, -0.25) is 9.59 Å². The number of rotatable bonds is 8. The molecule has 0 aliphatic rings. The molecule has 0 spiro atoms. The minimum absolute atomic E-state index is 0.0528. The first-order valence-corrected chi connectivity index (χ1v) is 12.2. The summed E-state index contributed by atoms with van der Waals surface area (Å²) in [6, 6.07) is 21.0. The molecule has 0 aliphatic heterocycles. The van der Waals surface area contributed by atoms with Crippen molar-refractivity contribution in [2.24, 2.45) is 5.41 Å². The molecule has 0 aliphatic carbocycles. The highest BCUT2D eigenvalue weighted by molar-refractivity contribution is 5.95. The zero-order chi connectivity index (χ0) is 26.5. The quantitative estimate of drug-likeness (QED) is 0.384. The van der Waals surface area contributed by atoms with E-state index in [0.717, 1.165) is 16.8 Å². The third kappa shape index (κ3) is 7.17. The Labute approximate surface area is 213 Å². The van der Waals surface area contributed by atoms with Crippen molar-refractivity contribution >= 4 is 23.2 Å². The number of carbonyl (C=O) groups excluding carboxylic acids is 2. The summed E-state index contributed by atoms with van der Waals surface area (Å²) in [4.78, 5) is 30.0. The van der Waals surface area contributed by atoms with Gasteiger partial charge in [-0.05, 0) is 65.9 Å². The summed E-state index contributed by atoms with van der Waals surface area (Å²) in [6.07, 6.45) is 0.401. The van der Waals surface area contributed by atoms with Gasteiger partial charge in [0.2, 0.25) is 5.91 Å². The molecule has 190 valence electrons. The molecule has 3 aromatic rings. The molecule has 0 saturated heterocycles. The highest BCUT2D eigenvalue weighted by atomic mass is 19.1. The molecule has 6 heteroatoms. The van der Waals surface area contributed by atoms with Crippen molar-refractivity contribution in [1.29, 1.82) is 0 Å². The topological polar surface area (TPSA) is 52.7 Å². The molecular weight excluding hydrogens is 453 g/mol. The Morgan fingerprint density at radius 3 is 2.17 bits per heavy atom. The van der Waals surface area contributed by atoms with Crippen LogP contribution in [0.4, 0.5) is 15.8 Å². The summed E-state index contributed by atoms with van der Waals surface area (Å²) in [7, 11) is 3.90. The van der Waals surface area contributed by atoms with E-state index in [0.29, 0.717) is 24.2 Å². The number of amides is 2. The number of halogens is 1. The summed E-state index contributed by atoms with van der Waals surface area (Å²) in [5.74, 6) is -0.635. The van der Waals surface area contributed by atoms with Crippen molar-refractivity contribution in [3.63, 3.8) is 0 Å². The van der Waals surface area contributed by atoms with Crippen LogP contribution in [-0.2, 0) is 11.3 Å². The second-order valence-corrected chi connectivity index (χ2v) is 10.6. The molecule has 36 heavy (non-hydrogen) atoms. The fourth-order valence-corrected chi connectivity index (χ4v) is 4.15. The smallest absolute Gasteiger partial charge is 0.254 e. The number of nitrogens with zero attached hydrogens (tertiary/aromatic N) is 2. The second-order valence-electron chi connectivity index (χ2n) is 10.6. The van der Waals surface area contributed by atoms with Crippen LogP contribution in [-0.4, -0.2) is 30.8 Å². The lowest BCUT2D eigenvalue weighted by atomic mass is 9.92. The number of benzene rings is 3. The summed E-state index contributed by atoms with van der Waals surface area (Å²) in [5, 5.41) is 3.00. The van der Waals surface area contributed by atoms with E-state index in [1.54, 1.807) is 4.90 Å². The fourth-order valence-electron chi connectivity index (χ4n) is 4.15. The van der Waals surface area contributed by atoms with Crippen LogP contribution in [0.2, 0.25) is 0 Å². The fraction of sp³-hybridized carbons (Fsp3) is 0.333. The Hall–Kier alpha value is -3.67. The molecule has 0 bridgehead atoms. The average Bonchev–Trinajstić information content (AvgIpc) is 2.81. The van der Waals surface area contributed by atoms with Crippen LogP contribution in [0.1, 0.15) is 61.6 Å². The molecule has 0 fully saturated rings. The molecule has 3 aromatic carbocycles. The van der Waals surface area contributed by atoms with Gasteiger partial charge in [0.15, 0.2) is 0 Å². The number of carbonyl (C=O) groups is 2. The van der Waals surface area contributed by atoms with Gasteiger partial charge in [-0.15, -0.1) is 0 Å². The lowest BCUT2D eigenvalue weighted by molar-refractivity contribution is -0.117. The number of anilines is 2. The first-order chi connectivity index (χ1) is 16.9. The van der Waals surface area contributed by atoms with E-state index >= 15 is 0 Å². The summed E-state index contributed by atoms with van der Waals surface area (Å²) in [6.45, 7) is 8.37. The van der Waals surface area contributed by atoms with Gasteiger partial charge in [0, 0.05) is 44.0 Å². The lowest BCUT2D eigenvalue weighted by Crippen LogP contribution is -2.34. The standard InChI is InChI=1S/C30H36FN3O2/c1-21(22-10-8-7-9-11-22)34(29(36)23-12-14-25(31)15-13-23)20-24-18-26(16-17-27(24)33(5)6)32-28(35)19-30(2,3)4/h7-18,21H,19-20H2,1-6H3,(H,32,35).